The van der Waals surface area contributed by atoms with Crippen molar-refractivity contribution in [3.05, 3.63) is 0 Å². The van der Waals surface area contributed by atoms with Crippen LogP contribution in [-0.4, -0.2) is 35.0 Å². The zero-order chi connectivity index (χ0) is 8.43. The van der Waals surface area contributed by atoms with Gasteiger partial charge in [-0.05, 0) is 6.42 Å². The summed E-state index contributed by atoms with van der Waals surface area (Å²) >= 11 is 4.57. The summed E-state index contributed by atoms with van der Waals surface area (Å²) in [6.45, 7) is 1.82. The molecule has 4 atom stereocenters. The standard InChI is InChI=1S/C7H11FO2S/c1-2-4-6(8)7(9)5(3-11)10-4/h3-7,9H,2H2,1H3/t4-,5+,6+,7+/m1/s1. The van der Waals surface area contributed by atoms with Gasteiger partial charge in [-0.15, -0.1) is 0 Å². The number of hydrogen-bond donors (Lipinski definition) is 1. The van der Waals surface area contributed by atoms with Gasteiger partial charge in [0, 0.05) is 5.37 Å². The highest BCUT2D eigenvalue weighted by molar-refractivity contribution is 7.79. The molecule has 1 saturated heterocycles. The Bertz CT molecular complexity index is 153. The number of hydrogen-bond acceptors (Lipinski definition) is 3. The summed E-state index contributed by atoms with van der Waals surface area (Å²) in [5.74, 6) is 0. The van der Waals surface area contributed by atoms with Crippen molar-refractivity contribution in [2.45, 2.75) is 37.8 Å². The first-order valence-corrected chi connectivity index (χ1v) is 4.10. The van der Waals surface area contributed by atoms with Crippen molar-refractivity contribution in [1.82, 2.24) is 0 Å². The van der Waals surface area contributed by atoms with Crippen molar-refractivity contribution in [1.29, 1.82) is 0 Å². The van der Waals surface area contributed by atoms with Crippen LogP contribution >= 0.6 is 12.2 Å². The Labute approximate surface area is 70.4 Å². The highest BCUT2D eigenvalue weighted by Crippen LogP contribution is 2.24. The lowest BCUT2D eigenvalue weighted by Crippen LogP contribution is -2.29. The average molecular weight is 178 g/mol. The molecule has 1 rings (SSSR count). The molecule has 2 nitrogen and oxygen atoms in total. The maximum Gasteiger partial charge on any atom is 0.155 e. The molecule has 1 aliphatic rings. The zero-order valence-corrected chi connectivity index (χ0v) is 7.05. The number of aliphatic hydroxyl groups is 1. The molecule has 4 heteroatoms. The van der Waals surface area contributed by atoms with Crippen LogP contribution in [0.4, 0.5) is 4.39 Å². The molecule has 0 bridgehead atoms. The topological polar surface area (TPSA) is 29.5 Å². The summed E-state index contributed by atoms with van der Waals surface area (Å²) in [6.07, 6.45) is -2.89. The molecule has 1 fully saturated rings. The molecule has 0 saturated carbocycles. The monoisotopic (exact) mass is 178 g/mol. The second-order valence-electron chi connectivity index (χ2n) is 2.62. The van der Waals surface area contributed by atoms with E-state index in [1.54, 1.807) is 0 Å². The van der Waals surface area contributed by atoms with Gasteiger partial charge >= 0.3 is 0 Å². The Balaban J connectivity index is 2.60. The van der Waals surface area contributed by atoms with Crippen molar-refractivity contribution in [2.75, 3.05) is 0 Å². The molecule has 0 aromatic heterocycles. The second-order valence-corrected chi connectivity index (χ2v) is 2.89. The van der Waals surface area contributed by atoms with Crippen LogP contribution in [0.1, 0.15) is 13.3 Å². The number of ether oxygens (including phenoxy) is 1. The van der Waals surface area contributed by atoms with Crippen molar-refractivity contribution in [3.63, 3.8) is 0 Å². The summed E-state index contributed by atoms with van der Waals surface area (Å²) in [5, 5.41) is 10.4. The summed E-state index contributed by atoms with van der Waals surface area (Å²) in [4.78, 5) is 0. The summed E-state index contributed by atoms with van der Waals surface area (Å²) in [7, 11) is 0. The third-order valence-corrected chi connectivity index (χ3v) is 2.15. The Morgan fingerprint density at radius 1 is 1.73 bits per heavy atom. The van der Waals surface area contributed by atoms with Crippen LogP contribution in [0.15, 0.2) is 0 Å². The van der Waals surface area contributed by atoms with Gasteiger partial charge in [-0.1, -0.05) is 19.1 Å². The van der Waals surface area contributed by atoms with Gasteiger partial charge in [0.2, 0.25) is 0 Å². The van der Waals surface area contributed by atoms with Crippen LogP contribution in [0.5, 0.6) is 0 Å². The van der Waals surface area contributed by atoms with Gasteiger partial charge < -0.3 is 9.84 Å². The fourth-order valence-corrected chi connectivity index (χ4v) is 1.42. The number of thiocarbonyl (C=S) groups is 1. The highest BCUT2D eigenvalue weighted by Gasteiger charge is 2.41. The highest BCUT2D eigenvalue weighted by atomic mass is 32.1. The molecule has 0 aromatic carbocycles. The Kier molecular flexibility index (Phi) is 2.92. The van der Waals surface area contributed by atoms with E-state index in [2.05, 4.69) is 12.2 Å². The van der Waals surface area contributed by atoms with E-state index in [9.17, 15) is 4.39 Å². The molecule has 0 aliphatic carbocycles. The van der Waals surface area contributed by atoms with Gasteiger partial charge in [0.25, 0.3) is 0 Å². The molecule has 0 amide bonds. The lowest BCUT2D eigenvalue weighted by atomic mass is 10.1. The lowest BCUT2D eigenvalue weighted by molar-refractivity contribution is 0.0514. The normalized spacial score (nSPS) is 44.3. The first-order chi connectivity index (χ1) is 5.20. The maximum absolute atomic E-state index is 13.0. The van der Waals surface area contributed by atoms with E-state index >= 15 is 0 Å². The Morgan fingerprint density at radius 2 is 2.36 bits per heavy atom. The molecule has 0 aromatic rings. The SMILES string of the molecule is CC[C@H]1O[C@@H](C=S)[C@H](O)[C@H]1F. The molecule has 0 spiro atoms. The maximum atomic E-state index is 13.0. The lowest BCUT2D eigenvalue weighted by Gasteiger charge is -2.08. The molecule has 1 N–H and O–H groups in total. The molecule has 64 valence electrons. The smallest absolute Gasteiger partial charge is 0.155 e. The summed E-state index contributed by atoms with van der Waals surface area (Å²) < 4.78 is 18.1. The van der Waals surface area contributed by atoms with Crippen LogP contribution < -0.4 is 0 Å². The van der Waals surface area contributed by atoms with E-state index in [0.29, 0.717) is 6.42 Å². The average Bonchev–Trinajstić information content (AvgIpc) is 2.30. The van der Waals surface area contributed by atoms with Crippen LogP contribution in [0.3, 0.4) is 0 Å². The second kappa shape index (κ2) is 3.56. The van der Waals surface area contributed by atoms with Gasteiger partial charge in [-0.3, -0.25) is 0 Å². The number of halogens is 1. The van der Waals surface area contributed by atoms with Gasteiger partial charge in [0.15, 0.2) is 6.17 Å². The molecule has 0 unspecified atom stereocenters. The molecule has 0 radical (unpaired) electrons. The zero-order valence-electron chi connectivity index (χ0n) is 6.24. The fraction of sp³-hybridized carbons (Fsp3) is 0.857. The molecule has 1 aliphatic heterocycles. The molecular weight excluding hydrogens is 167 g/mol. The minimum atomic E-state index is -1.29. The number of rotatable bonds is 2. The van der Waals surface area contributed by atoms with Gasteiger partial charge in [-0.25, -0.2) is 4.39 Å². The van der Waals surface area contributed by atoms with Crippen molar-refractivity contribution in [2.24, 2.45) is 0 Å². The summed E-state index contributed by atoms with van der Waals surface area (Å²) in [5.41, 5.74) is 0. The van der Waals surface area contributed by atoms with E-state index in [0.717, 1.165) is 0 Å². The van der Waals surface area contributed by atoms with Gasteiger partial charge in [0.1, 0.15) is 12.2 Å². The van der Waals surface area contributed by atoms with E-state index in [-0.39, 0.29) is 0 Å². The minimum Gasteiger partial charge on any atom is -0.387 e. The Morgan fingerprint density at radius 3 is 2.64 bits per heavy atom. The van der Waals surface area contributed by atoms with Crippen molar-refractivity contribution >= 4 is 17.6 Å². The number of alkyl halides is 1. The van der Waals surface area contributed by atoms with E-state index < -0.39 is 24.5 Å². The largest absolute Gasteiger partial charge is 0.387 e. The molecular formula is C7H11FO2S. The van der Waals surface area contributed by atoms with Crippen LogP contribution in [0.25, 0.3) is 0 Å². The quantitative estimate of drug-likeness (QED) is 0.636. The van der Waals surface area contributed by atoms with Crippen molar-refractivity contribution in [3.8, 4) is 0 Å². The Hall–Kier alpha value is -0.0600. The van der Waals surface area contributed by atoms with Crippen LogP contribution in [0, 0.1) is 0 Å². The van der Waals surface area contributed by atoms with Gasteiger partial charge in [0.05, 0.1) is 6.10 Å². The third kappa shape index (κ3) is 1.58. The first-order valence-electron chi connectivity index (χ1n) is 3.63. The predicted octanol–water partition coefficient (Wildman–Crippen LogP) is 0.863. The van der Waals surface area contributed by atoms with E-state index in [4.69, 9.17) is 9.84 Å². The predicted molar refractivity (Wildman–Crippen MR) is 43.5 cm³/mol. The third-order valence-electron chi connectivity index (χ3n) is 1.89. The molecule has 11 heavy (non-hydrogen) atoms. The van der Waals surface area contributed by atoms with Crippen LogP contribution in [0.2, 0.25) is 0 Å². The molecule has 1 heterocycles. The van der Waals surface area contributed by atoms with Gasteiger partial charge in [-0.2, -0.15) is 0 Å². The van der Waals surface area contributed by atoms with E-state index in [1.807, 2.05) is 6.92 Å². The van der Waals surface area contributed by atoms with Crippen LogP contribution in [-0.2, 0) is 4.74 Å². The minimum absolute atomic E-state index is 0.491. The number of aliphatic hydroxyl groups excluding tert-OH is 1. The fourth-order valence-electron chi connectivity index (χ4n) is 1.19. The first kappa shape index (κ1) is 9.03. The summed E-state index contributed by atoms with van der Waals surface area (Å²) in [6, 6.07) is 0. The van der Waals surface area contributed by atoms with Crippen molar-refractivity contribution < 1.29 is 14.2 Å². The van der Waals surface area contributed by atoms with E-state index in [1.165, 1.54) is 5.37 Å².